The topological polar surface area (TPSA) is 68.1 Å². The maximum atomic E-state index is 11.8. The van der Waals surface area contributed by atoms with Gasteiger partial charge in [0.1, 0.15) is 0 Å². The van der Waals surface area contributed by atoms with Crippen molar-refractivity contribution in [3.05, 3.63) is 34.5 Å². The number of aryl methyl sites for hydroxylation is 2. The molecule has 2 aliphatic rings. The number of aromatic nitrogens is 1. The van der Waals surface area contributed by atoms with E-state index < -0.39 is 0 Å². The van der Waals surface area contributed by atoms with Crippen LogP contribution in [0.2, 0.25) is 0 Å². The molecule has 0 spiro atoms. The van der Waals surface area contributed by atoms with Gasteiger partial charge in [-0.25, -0.2) is 0 Å². The van der Waals surface area contributed by atoms with Crippen LogP contribution < -0.4 is 5.73 Å². The summed E-state index contributed by atoms with van der Waals surface area (Å²) in [5.41, 5.74) is 11.5. The lowest BCUT2D eigenvalue weighted by molar-refractivity contribution is 0.0855. The number of hydrogen-bond acceptors (Lipinski definition) is 2. The average molecular weight is 298 g/mol. The highest BCUT2D eigenvalue weighted by molar-refractivity contribution is 5.99. The molecule has 0 bridgehead atoms. The average Bonchev–Trinajstić information content (AvgIpc) is 2.93. The normalized spacial score (nSPS) is 19.3. The minimum atomic E-state index is -0.332. The second kappa shape index (κ2) is 5.43. The third-order valence-electron chi connectivity index (χ3n) is 5.18. The third-order valence-corrected chi connectivity index (χ3v) is 5.18. The van der Waals surface area contributed by atoms with Gasteiger partial charge in [0, 0.05) is 35.4 Å². The van der Waals surface area contributed by atoms with Gasteiger partial charge in [-0.2, -0.15) is 0 Å². The molecule has 4 nitrogen and oxygen atoms in total. The molecule has 1 fully saturated rings. The van der Waals surface area contributed by atoms with Crippen molar-refractivity contribution in [1.29, 1.82) is 0 Å². The van der Waals surface area contributed by atoms with E-state index in [-0.39, 0.29) is 5.91 Å². The van der Waals surface area contributed by atoms with E-state index in [2.05, 4.69) is 4.98 Å². The first-order valence-corrected chi connectivity index (χ1v) is 8.29. The molecule has 2 heterocycles. The Morgan fingerprint density at radius 2 is 1.95 bits per heavy atom. The van der Waals surface area contributed by atoms with Crippen molar-refractivity contribution in [2.45, 2.75) is 44.4 Å². The molecule has 1 aliphatic heterocycles. The Morgan fingerprint density at radius 1 is 1.18 bits per heavy atom. The van der Waals surface area contributed by atoms with Crippen molar-refractivity contribution < 1.29 is 9.53 Å². The molecule has 1 saturated heterocycles. The number of carbonyl (C=O) groups excluding carboxylic acids is 1. The van der Waals surface area contributed by atoms with E-state index in [1.807, 2.05) is 12.1 Å². The summed E-state index contributed by atoms with van der Waals surface area (Å²) in [6.07, 6.45) is 6.72. The lowest BCUT2D eigenvalue weighted by Gasteiger charge is -2.23. The molecule has 1 aliphatic carbocycles. The van der Waals surface area contributed by atoms with E-state index in [0.29, 0.717) is 11.5 Å². The quantitative estimate of drug-likeness (QED) is 0.894. The van der Waals surface area contributed by atoms with Crippen LogP contribution in [0.1, 0.15) is 58.8 Å². The standard InChI is InChI=1S/C18H22N2O2/c19-18(21)12-9-14(11-5-7-22-8-6-11)17-15(10-12)13-3-1-2-4-16(13)20-17/h9-11,20H,1-8H2,(H2,19,21). The summed E-state index contributed by atoms with van der Waals surface area (Å²) < 4.78 is 5.49. The molecule has 22 heavy (non-hydrogen) atoms. The van der Waals surface area contributed by atoms with E-state index >= 15 is 0 Å². The second-order valence-corrected chi connectivity index (χ2v) is 6.53. The molecule has 4 rings (SSSR count). The van der Waals surface area contributed by atoms with Crippen LogP contribution in [0.3, 0.4) is 0 Å². The van der Waals surface area contributed by atoms with Crippen molar-refractivity contribution in [3.8, 4) is 0 Å². The largest absolute Gasteiger partial charge is 0.381 e. The van der Waals surface area contributed by atoms with Crippen LogP contribution in [-0.4, -0.2) is 24.1 Å². The number of nitrogens with one attached hydrogen (secondary N) is 1. The predicted octanol–water partition coefficient (Wildman–Crippen LogP) is 3.04. The Labute approximate surface area is 130 Å². The van der Waals surface area contributed by atoms with Crippen molar-refractivity contribution >= 4 is 16.8 Å². The molecule has 2 aromatic rings. The minimum Gasteiger partial charge on any atom is -0.381 e. The van der Waals surface area contributed by atoms with Crippen LogP contribution in [0.4, 0.5) is 0 Å². The van der Waals surface area contributed by atoms with Crippen LogP contribution in [0, 0.1) is 0 Å². The number of benzene rings is 1. The number of fused-ring (bicyclic) bond motifs is 3. The Kier molecular flexibility index (Phi) is 3.41. The molecule has 3 N–H and O–H groups in total. The van der Waals surface area contributed by atoms with Crippen molar-refractivity contribution in [1.82, 2.24) is 4.98 Å². The summed E-state index contributed by atoms with van der Waals surface area (Å²) >= 11 is 0. The molecule has 1 amide bonds. The van der Waals surface area contributed by atoms with E-state index in [9.17, 15) is 4.79 Å². The molecule has 0 saturated carbocycles. The zero-order valence-electron chi connectivity index (χ0n) is 12.8. The zero-order chi connectivity index (χ0) is 15.1. The van der Waals surface area contributed by atoms with Crippen LogP contribution in [0.15, 0.2) is 12.1 Å². The van der Waals surface area contributed by atoms with Gasteiger partial charge < -0.3 is 15.5 Å². The fourth-order valence-corrected chi connectivity index (χ4v) is 4.01. The van der Waals surface area contributed by atoms with Crippen molar-refractivity contribution in [2.75, 3.05) is 13.2 Å². The van der Waals surface area contributed by atoms with Gasteiger partial charge in [-0.1, -0.05) is 0 Å². The Balaban J connectivity index is 1.92. The number of carbonyl (C=O) groups is 1. The van der Waals surface area contributed by atoms with Gasteiger partial charge >= 0.3 is 0 Å². The van der Waals surface area contributed by atoms with Crippen LogP contribution in [-0.2, 0) is 17.6 Å². The first-order valence-electron chi connectivity index (χ1n) is 8.29. The van der Waals surface area contributed by atoms with E-state index in [0.717, 1.165) is 38.9 Å². The lowest BCUT2D eigenvalue weighted by atomic mass is 9.87. The number of amides is 1. The molecule has 0 unspecified atom stereocenters. The van der Waals surface area contributed by atoms with Crippen molar-refractivity contribution in [2.24, 2.45) is 5.73 Å². The highest BCUT2D eigenvalue weighted by Gasteiger charge is 2.24. The van der Waals surface area contributed by atoms with Crippen LogP contribution >= 0.6 is 0 Å². The molecular formula is C18H22N2O2. The third kappa shape index (κ3) is 2.22. The Hall–Kier alpha value is -1.81. The van der Waals surface area contributed by atoms with Crippen LogP contribution in [0.5, 0.6) is 0 Å². The highest BCUT2D eigenvalue weighted by atomic mass is 16.5. The van der Waals surface area contributed by atoms with E-state index in [1.165, 1.54) is 40.6 Å². The maximum absolute atomic E-state index is 11.8. The van der Waals surface area contributed by atoms with Gasteiger partial charge in [-0.3, -0.25) is 4.79 Å². The predicted molar refractivity (Wildman–Crippen MR) is 86.3 cm³/mol. The van der Waals surface area contributed by atoms with Gasteiger partial charge in [0.2, 0.25) is 5.91 Å². The summed E-state index contributed by atoms with van der Waals surface area (Å²) in [7, 11) is 0. The van der Waals surface area contributed by atoms with Gasteiger partial charge in [0.25, 0.3) is 0 Å². The van der Waals surface area contributed by atoms with Gasteiger partial charge in [-0.05, 0) is 67.7 Å². The Bertz CT molecular complexity index is 726. The maximum Gasteiger partial charge on any atom is 0.248 e. The number of rotatable bonds is 2. The first kappa shape index (κ1) is 13.8. The molecule has 116 valence electrons. The monoisotopic (exact) mass is 298 g/mol. The Morgan fingerprint density at radius 3 is 2.73 bits per heavy atom. The summed E-state index contributed by atoms with van der Waals surface area (Å²) in [6.45, 7) is 1.60. The molecule has 0 atom stereocenters. The second-order valence-electron chi connectivity index (χ2n) is 6.53. The van der Waals surface area contributed by atoms with E-state index in [1.54, 1.807) is 0 Å². The fraction of sp³-hybridized carbons (Fsp3) is 0.500. The van der Waals surface area contributed by atoms with Crippen LogP contribution in [0.25, 0.3) is 10.9 Å². The summed E-state index contributed by atoms with van der Waals surface area (Å²) in [5, 5.41) is 1.22. The summed E-state index contributed by atoms with van der Waals surface area (Å²) in [4.78, 5) is 15.4. The highest BCUT2D eigenvalue weighted by Crippen LogP contribution is 2.37. The number of primary amides is 1. The van der Waals surface area contributed by atoms with E-state index in [4.69, 9.17) is 10.5 Å². The molecule has 0 radical (unpaired) electrons. The molecular weight excluding hydrogens is 276 g/mol. The molecule has 1 aromatic heterocycles. The number of nitrogens with two attached hydrogens (primary N) is 1. The summed E-state index contributed by atoms with van der Waals surface area (Å²) in [6, 6.07) is 3.99. The SMILES string of the molecule is NC(=O)c1cc(C2CCOCC2)c2[nH]c3c(c2c1)CCCC3. The smallest absolute Gasteiger partial charge is 0.248 e. The van der Waals surface area contributed by atoms with Crippen molar-refractivity contribution in [3.63, 3.8) is 0 Å². The number of hydrogen-bond donors (Lipinski definition) is 2. The summed E-state index contributed by atoms with van der Waals surface area (Å²) in [5.74, 6) is 0.122. The van der Waals surface area contributed by atoms with Gasteiger partial charge in [-0.15, -0.1) is 0 Å². The fourth-order valence-electron chi connectivity index (χ4n) is 4.01. The number of ether oxygens (including phenoxy) is 1. The lowest BCUT2D eigenvalue weighted by Crippen LogP contribution is -2.16. The number of H-pyrrole nitrogens is 1. The molecule has 4 heteroatoms. The first-order chi connectivity index (χ1) is 10.7. The molecule has 1 aromatic carbocycles. The van der Waals surface area contributed by atoms with Gasteiger partial charge in [0.15, 0.2) is 0 Å². The zero-order valence-corrected chi connectivity index (χ0v) is 12.8. The minimum absolute atomic E-state index is 0.332. The van der Waals surface area contributed by atoms with Gasteiger partial charge in [0.05, 0.1) is 0 Å². The number of aromatic amines is 1.